The van der Waals surface area contributed by atoms with Gasteiger partial charge in [-0.15, -0.1) is 0 Å². The molecule has 2 aromatic carbocycles. The van der Waals surface area contributed by atoms with Gasteiger partial charge in [-0.2, -0.15) is 0 Å². The molecule has 1 amide bonds. The molecule has 0 spiro atoms. The van der Waals surface area contributed by atoms with E-state index in [4.69, 9.17) is 4.74 Å². The Bertz CT molecular complexity index is 813. The molecule has 1 aliphatic heterocycles. The number of rotatable bonds is 6. The molecule has 28 heavy (non-hydrogen) atoms. The summed E-state index contributed by atoms with van der Waals surface area (Å²) in [4.78, 5) is 19.2. The molecule has 1 heterocycles. The van der Waals surface area contributed by atoms with Crippen molar-refractivity contribution in [3.63, 3.8) is 0 Å². The third-order valence-corrected chi connectivity index (χ3v) is 5.54. The van der Waals surface area contributed by atoms with Gasteiger partial charge in [-0.05, 0) is 55.8 Å². The van der Waals surface area contributed by atoms with Crippen molar-refractivity contribution in [3.8, 4) is 5.75 Å². The molecule has 1 saturated heterocycles. The summed E-state index contributed by atoms with van der Waals surface area (Å²) in [6.07, 6.45) is 0. The van der Waals surface area contributed by atoms with Crippen LogP contribution >= 0.6 is 0 Å². The third kappa shape index (κ3) is 4.84. The number of hydrogen-bond acceptors (Lipinski definition) is 4. The number of carbonyl (C=O) groups is 1. The molecule has 0 saturated carbocycles. The highest BCUT2D eigenvalue weighted by molar-refractivity contribution is 5.78. The lowest BCUT2D eigenvalue weighted by Crippen LogP contribution is -2.51. The Morgan fingerprint density at radius 3 is 2.50 bits per heavy atom. The zero-order valence-electron chi connectivity index (χ0n) is 17.4. The van der Waals surface area contributed by atoms with E-state index in [9.17, 15) is 4.79 Å². The number of anilines is 1. The number of benzene rings is 2. The van der Waals surface area contributed by atoms with E-state index in [1.165, 1.54) is 16.8 Å². The quantitative estimate of drug-likeness (QED) is 0.770. The van der Waals surface area contributed by atoms with Gasteiger partial charge in [-0.25, -0.2) is 0 Å². The number of amides is 1. The number of piperazine rings is 1. The second kappa shape index (κ2) is 9.11. The number of carbonyl (C=O) groups excluding carboxylic acids is 1. The SMILES string of the molecule is COc1cccc(CN(C)CC(=O)N2CCN(c3cccc(C)c3C)CC2)c1. The van der Waals surface area contributed by atoms with Crippen molar-refractivity contribution in [1.29, 1.82) is 0 Å². The van der Waals surface area contributed by atoms with Crippen LogP contribution in [0, 0.1) is 13.8 Å². The second-order valence-corrected chi connectivity index (χ2v) is 7.61. The van der Waals surface area contributed by atoms with Crippen LogP contribution in [0.4, 0.5) is 5.69 Å². The average Bonchev–Trinajstić information content (AvgIpc) is 2.70. The van der Waals surface area contributed by atoms with Gasteiger partial charge in [-0.3, -0.25) is 9.69 Å². The molecule has 0 N–H and O–H groups in total. The zero-order chi connectivity index (χ0) is 20.1. The molecule has 5 nitrogen and oxygen atoms in total. The summed E-state index contributed by atoms with van der Waals surface area (Å²) >= 11 is 0. The van der Waals surface area contributed by atoms with E-state index in [0.717, 1.165) is 44.0 Å². The number of nitrogens with zero attached hydrogens (tertiary/aromatic N) is 3. The van der Waals surface area contributed by atoms with Crippen LogP contribution in [0.5, 0.6) is 5.75 Å². The first-order chi connectivity index (χ1) is 13.5. The Morgan fingerprint density at radius 2 is 1.79 bits per heavy atom. The molecule has 150 valence electrons. The fraction of sp³-hybridized carbons (Fsp3) is 0.435. The highest BCUT2D eigenvalue weighted by Gasteiger charge is 2.23. The predicted octanol–water partition coefficient (Wildman–Crippen LogP) is 3.09. The van der Waals surface area contributed by atoms with Gasteiger partial charge < -0.3 is 14.5 Å². The van der Waals surface area contributed by atoms with Crippen molar-refractivity contribution in [2.75, 3.05) is 51.8 Å². The Hall–Kier alpha value is -2.53. The molecule has 0 aliphatic carbocycles. The second-order valence-electron chi connectivity index (χ2n) is 7.61. The van der Waals surface area contributed by atoms with Crippen LogP contribution in [0.3, 0.4) is 0 Å². The Labute approximate surface area is 168 Å². The summed E-state index contributed by atoms with van der Waals surface area (Å²) in [6, 6.07) is 14.4. The van der Waals surface area contributed by atoms with Crippen LogP contribution in [0.2, 0.25) is 0 Å². The molecule has 0 unspecified atom stereocenters. The smallest absolute Gasteiger partial charge is 0.236 e. The summed E-state index contributed by atoms with van der Waals surface area (Å²) in [5, 5.41) is 0. The molecular weight excluding hydrogens is 350 g/mol. The Balaban J connectivity index is 1.51. The zero-order valence-corrected chi connectivity index (χ0v) is 17.4. The minimum Gasteiger partial charge on any atom is -0.497 e. The predicted molar refractivity (Wildman–Crippen MR) is 114 cm³/mol. The molecule has 1 fully saturated rings. The van der Waals surface area contributed by atoms with Crippen molar-refractivity contribution in [2.24, 2.45) is 0 Å². The molecule has 2 aromatic rings. The van der Waals surface area contributed by atoms with Gasteiger partial charge in [0, 0.05) is 38.4 Å². The normalized spacial score (nSPS) is 14.5. The molecule has 0 aromatic heterocycles. The van der Waals surface area contributed by atoms with Gasteiger partial charge >= 0.3 is 0 Å². The van der Waals surface area contributed by atoms with Crippen LogP contribution in [0.15, 0.2) is 42.5 Å². The first kappa shape index (κ1) is 20.2. The molecule has 0 atom stereocenters. The number of ether oxygens (including phenoxy) is 1. The average molecular weight is 382 g/mol. The maximum absolute atomic E-state index is 12.7. The maximum atomic E-state index is 12.7. The fourth-order valence-corrected chi connectivity index (χ4v) is 3.74. The van der Waals surface area contributed by atoms with E-state index in [0.29, 0.717) is 6.54 Å². The number of methoxy groups -OCH3 is 1. The van der Waals surface area contributed by atoms with Crippen LogP contribution in [0.25, 0.3) is 0 Å². The topological polar surface area (TPSA) is 36.0 Å². The van der Waals surface area contributed by atoms with Crippen molar-refractivity contribution in [3.05, 3.63) is 59.2 Å². The summed E-state index contributed by atoms with van der Waals surface area (Å²) in [6.45, 7) is 8.81. The molecule has 1 aliphatic rings. The van der Waals surface area contributed by atoms with Crippen molar-refractivity contribution in [2.45, 2.75) is 20.4 Å². The monoisotopic (exact) mass is 381 g/mol. The van der Waals surface area contributed by atoms with Crippen molar-refractivity contribution >= 4 is 11.6 Å². The fourth-order valence-electron chi connectivity index (χ4n) is 3.74. The first-order valence-electron chi connectivity index (χ1n) is 9.88. The lowest BCUT2D eigenvalue weighted by Gasteiger charge is -2.37. The number of hydrogen-bond donors (Lipinski definition) is 0. The third-order valence-electron chi connectivity index (χ3n) is 5.54. The summed E-state index contributed by atoms with van der Waals surface area (Å²) in [7, 11) is 3.66. The maximum Gasteiger partial charge on any atom is 0.236 e. The van der Waals surface area contributed by atoms with E-state index in [2.05, 4.69) is 47.9 Å². The standard InChI is InChI=1S/C23H31N3O2/c1-18-7-5-10-22(19(18)2)25-11-13-26(14-12-25)23(27)17-24(3)16-20-8-6-9-21(15-20)28-4/h5-10,15H,11-14,16-17H2,1-4H3. The van der Waals surface area contributed by atoms with Crippen LogP contribution in [0.1, 0.15) is 16.7 Å². The lowest BCUT2D eigenvalue weighted by molar-refractivity contribution is -0.132. The lowest BCUT2D eigenvalue weighted by atomic mass is 10.1. The summed E-state index contributed by atoms with van der Waals surface area (Å²) in [5.41, 5.74) is 5.09. The van der Waals surface area contributed by atoms with Crippen LogP contribution < -0.4 is 9.64 Å². The number of aryl methyl sites for hydroxylation is 1. The summed E-state index contributed by atoms with van der Waals surface area (Å²) < 4.78 is 5.28. The molecule has 0 radical (unpaired) electrons. The molecule has 3 rings (SSSR count). The van der Waals surface area contributed by atoms with E-state index in [1.807, 2.05) is 30.1 Å². The first-order valence-corrected chi connectivity index (χ1v) is 9.88. The van der Waals surface area contributed by atoms with Gasteiger partial charge in [0.05, 0.1) is 13.7 Å². The van der Waals surface area contributed by atoms with Gasteiger partial charge in [0.2, 0.25) is 5.91 Å². The highest BCUT2D eigenvalue weighted by Crippen LogP contribution is 2.24. The van der Waals surface area contributed by atoms with E-state index < -0.39 is 0 Å². The van der Waals surface area contributed by atoms with Gasteiger partial charge in [-0.1, -0.05) is 24.3 Å². The Kier molecular flexibility index (Phi) is 6.57. The molecule has 0 bridgehead atoms. The Morgan fingerprint density at radius 1 is 1.07 bits per heavy atom. The molecular formula is C23H31N3O2. The van der Waals surface area contributed by atoms with Gasteiger partial charge in [0.15, 0.2) is 0 Å². The van der Waals surface area contributed by atoms with Gasteiger partial charge in [0.25, 0.3) is 0 Å². The van der Waals surface area contributed by atoms with Crippen LogP contribution in [-0.4, -0.2) is 62.6 Å². The van der Waals surface area contributed by atoms with E-state index >= 15 is 0 Å². The molecule has 5 heteroatoms. The van der Waals surface area contributed by atoms with E-state index in [1.54, 1.807) is 7.11 Å². The van der Waals surface area contributed by atoms with Crippen molar-refractivity contribution in [1.82, 2.24) is 9.80 Å². The number of likely N-dealkylation sites (N-methyl/N-ethyl adjacent to an activating group) is 1. The minimum absolute atomic E-state index is 0.200. The van der Waals surface area contributed by atoms with Crippen LogP contribution in [-0.2, 0) is 11.3 Å². The minimum atomic E-state index is 0.200. The summed E-state index contributed by atoms with van der Waals surface area (Å²) in [5.74, 6) is 1.05. The van der Waals surface area contributed by atoms with Gasteiger partial charge in [0.1, 0.15) is 5.75 Å². The van der Waals surface area contributed by atoms with Crippen molar-refractivity contribution < 1.29 is 9.53 Å². The van der Waals surface area contributed by atoms with E-state index in [-0.39, 0.29) is 5.91 Å². The largest absolute Gasteiger partial charge is 0.497 e. The highest BCUT2D eigenvalue weighted by atomic mass is 16.5.